The lowest BCUT2D eigenvalue weighted by Gasteiger charge is -2.21. The number of hydrogen-bond donors (Lipinski definition) is 0. The zero-order chi connectivity index (χ0) is 20.1. The van der Waals surface area contributed by atoms with Crippen molar-refractivity contribution in [2.45, 2.75) is 64.7 Å². The topological polar surface area (TPSA) is 12.9 Å². The molecule has 4 rings (SSSR count). The van der Waals surface area contributed by atoms with Gasteiger partial charge in [-0.1, -0.05) is 63.4 Å². The van der Waals surface area contributed by atoms with Gasteiger partial charge >= 0.3 is 0 Å². The van der Waals surface area contributed by atoms with Gasteiger partial charge in [-0.2, -0.15) is 0 Å². The van der Waals surface area contributed by atoms with Crippen LogP contribution in [-0.2, 0) is 5.41 Å². The minimum Gasteiger partial charge on any atom is -0.256 e. The molecule has 26 heavy (non-hydrogen) atoms. The van der Waals surface area contributed by atoms with Crippen LogP contribution in [0.1, 0.15) is 71.8 Å². The van der Waals surface area contributed by atoms with Gasteiger partial charge in [0.1, 0.15) is 0 Å². The van der Waals surface area contributed by atoms with Crippen LogP contribution >= 0.6 is 0 Å². The third kappa shape index (κ3) is 3.28. The quantitative estimate of drug-likeness (QED) is 0.480. The molecule has 1 saturated carbocycles. The monoisotopic (exact) mass is 345 g/mol. The Labute approximate surface area is 160 Å². The average Bonchev–Trinajstić information content (AvgIpc) is 3.18. The van der Waals surface area contributed by atoms with Crippen LogP contribution in [0.2, 0.25) is 0 Å². The number of hydrogen-bond acceptors (Lipinski definition) is 1. The highest BCUT2D eigenvalue weighted by atomic mass is 14.7. The first-order chi connectivity index (χ1) is 13.2. The smallest absolute Gasteiger partial charge is 0.0840 e. The zero-order valence-electron chi connectivity index (χ0n) is 18.3. The summed E-state index contributed by atoms with van der Waals surface area (Å²) in [5.74, 6) is 0.598. The van der Waals surface area contributed by atoms with Crippen LogP contribution in [-0.4, -0.2) is 4.98 Å². The number of nitrogens with zero attached hydrogens (tertiary/aromatic N) is 1. The molecule has 1 aliphatic carbocycles. The van der Waals surface area contributed by atoms with Gasteiger partial charge in [0, 0.05) is 17.1 Å². The molecule has 1 nitrogen and oxygen atoms in total. The SMILES string of the molecule is [2H]c1nc(-c2cc(C)cc(C(C)(C)C)c2)c2ccc(C3CCCC3)cc2c1[2H]. The van der Waals surface area contributed by atoms with Crippen molar-refractivity contribution < 1.29 is 2.74 Å². The Morgan fingerprint density at radius 2 is 1.81 bits per heavy atom. The van der Waals surface area contributed by atoms with Crippen LogP contribution < -0.4 is 0 Å². The second kappa shape index (κ2) is 6.54. The maximum Gasteiger partial charge on any atom is 0.0840 e. The molecular formula is C25H29N. The standard InChI is InChI=1S/C25H29N/c1-17-13-21(16-22(14-17)25(2,3)4)24-23-10-9-19(18-7-5-6-8-18)15-20(23)11-12-26-24/h9-16,18H,5-8H2,1-4H3/i11D,12D. The van der Waals surface area contributed by atoms with Gasteiger partial charge in [-0.15, -0.1) is 0 Å². The molecule has 0 radical (unpaired) electrons. The summed E-state index contributed by atoms with van der Waals surface area (Å²) < 4.78 is 16.8. The van der Waals surface area contributed by atoms with Crippen molar-refractivity contribution in [1.29, 1.82) is 0 Å². The molecule has 0 saturated heterocycles. The lowest BCUT2D eigenvalue weighted by molar-refractivity contribution is 0.590. The normalized spacial score (nSPS) is 16.8. The summed E-state index contributed by atoms with van der Waals surface area (Å²) >= 11 is 0. The van der Waals surface area contributed by atoms with E-state index in [1.54, 1.807) is 0 Å². The van der Waals surface area contributed by atoms with E-state index in [2.05, 4.69) is 69.1 Å². The average molecular weight is 346 g/mol. The summed E-state index contributed by atoms with van der Waals surface area (Å²) in [5.41, 5.74) is 5.68. The first-order valence-corrected chi connectivity index (χ1v) is 9.77. The predicted molar refractivity (Wildman–Crippen MR) is 112 cm³/mol. The third-order valence-corrected chi connectivity index (χ3v) is 5.70. The molecule has 0 aliphatic heterocycles. The summed E-state index contributed by atoms with van der Waals surface area (Å²) in [7, 11) is 0. The van der Waals surface area contributed by atoms with Crippen LogP contribution in [0.3, 0.4) is 0 Å². The van der Waals surface area contributed by atoms with Crippen LogP contribution in [0.25, 0.3) is 22.0 Å². The Morgan fingerprint density at radius 1 is 1.04 bits per heavy atom. The number of pyridine rings is 1. The highest BCUT2D eigenvalue weighted by molar-refractivity contribution is 5.95. The fourth-order valence-corrected chi connectivity index (χ4v) is 4.16. The number of aromatic nitrogens is 1. The van der Waals surface area contributed by atoms with E-state index in [4.69, 9.17) is 2.74 Å². The Bertz CT molecular complexity index is 1040. The summed E-state index contributed by atoms with van der Waals surface area (Å²) in [6, 6.07) is 13.3. The molecule has 1 heterocycles. The highest BCUT2D eigenvalue weighted by Gasteiger charge is 2.19. The van der Waals surface area contributed by atoms with Gasteiger partial charge < -0.3 is 0 Å². The summed E-state index contributed by atoms with van der Waals surface area (Å²) in [4.78, 5) is 4.54. The minimum atomic E-state index is 0.0470. The van der Waals surface area contributed by atoms with Crippen molar-refractivity contribution in [2.75, 3.05) is 0 Å². The molecule has 1 aromatic heterocycles. The van der Waals surface area contributed by atoms with E-state index in [1.807, 2.05) is 0 Å². The van der Waals surface area contributed by atoms with Crippen molar-refractivity contribution in [2.24, 2.45) is 0 Å². The molecule has 2 aromatic carbocycles. The first-order valence-electron chi connectivity index (χ1n) is 10.8. The van der Waals surface area contributed by atoms with Crippen LogP contribution in [0.15, 0.2) is 48.6 Å². The minimum absolute atomic E-state index is 0.0470. The number of aryl methyl sites for hydroxylation is 1. The van der Waals surface area contributed by atoms with Gasteiger partial charge in [-0.3, -0.25) is 4.98 Å². The Morgan fingerprint density at radius 3 is 2.54 bits per heavy atom. The zero-order valence-corrected chi connectivity index (χ0v) is 16.3. The third-order valence-electron chi connectivity index (χ3n) is 5.70. The Hall–Kier alpha value is -2.15. The fourth-order valence-electron chi connectivity index (χ4n) is 4.16. The van der Waals surface area contributed by atoms with Crippen LogP contribution in [0, 0.1) is 6.92 Å². The van der Waals surface area contributed by atoms with E-state index in [-0.39, 0.29) is 17.6 Å². The molecule has 134 valence electrons. The second-order valence-corrected chi connectivity index (χ2v) is 8.82. The molecule has 1 aliphatic rings. The number of rotatable bonds is 2. The summed E-state index contributed by atoms with van der Waals surface area (Å²) in [6.07, 6.45) is 5.11. The number of fused-ring (bicyclic) bond motifs is 1. The van der Waals surface area contributed by atoms with Crippen LogP contribution in [0.5, 0.6) is 0 Å². The molecule has 3 aromatic rings. The molecule has 0 amide bonds. The molecule has 0 spiro atoms. The molecule has 0 unspecified atom stereocenters. The summed E-state index contributed by atoms with van der Waals surface area (Å²) in [5, 5.41) is 1.84. The predicted octanol–water partition coefficient (Wildman–Crippen LogP) is 7.17. The Kier molecular flexibility index (Phi) is 3.76. The maximum absolute atomic E-state index is 8.45. The fraction of sp³-hybridized carbons (Fsp3) is 0.400. The molecule has 1 heteroatoms. The van der Waals surface area contributed by atoms with Gasteiger partial charge in [-0.25, -0.2) is 0 Å². The van der Waals surface area contributed by atoms with E-state index >= 15 is 0 Å². The maximum atomic E-state index is 8.45. The van der Waals surface area contributed by atoms with Gasteiger partial charge in [0.15, 0.2) is 0 Å². The van der Waals surface area contributed by atoms with Crippen molar-refractivity contribution in [3.63, 3.8) is 0 Å². The molecular weight excluding hydrogens is 314 g/mol. The molecule has 1 fully saturated rings. The summed E-state index contributed by atoms with van der Waals surface area (Å²) in [6.45, 7) is 8.76. The van der Waals surface area contributed by atoms with Crippen molar-refractivity contribution in [3.05, 3.63) is 65.3 Å². The van der Waals surface area contributed by atoms with Gasteiger partial charge in [0.2, 0.25) is 0 Å². The van der Waals surface area contributed by atoms with Gasteiger partial charge in [0.25, 0.3) is 0 Å². The molecule has 0 N–H and O–H groups in total. The Balaban J connectivity index is 1.93. The van der Waals surface area contributed by atoms with Gasteiger partial charge in [0.05, 0.1) is 8.44 Å². The number of benzene rings is 2. The van der Waals surface area contributed by atoms with E-state index < -0.39 is 0 Å². The van der Waals surface area contributed by atoms with Crippen molar-refractivity contribution in [1.82, 2.24) is 4.98 Å². The lowest BCUT2D eigenvalue weighted by atomic mass is 9.84. The van der Waals surface area contributed by atoms with E-state index in [0.29, 0.717) is 5.92 Å². The lowest BCUT2D eigenvalue weighted by Crippen LogP contribution is -2.11. The van der Waals surface area contributed by atoms with E-state index in [1.165, 1.54) is 42.4 Å². The van der Waals surface area contributed by atoms with Crippen molar-refractivity contribution >= 4 is 10.8 Å². The van der Waals surface area contributed by atoms with Crippen molar-refractivity contribution in [3.8, 4) is 11.3 Å². The highest BCUT2D eigenvalue weighted by Crippen LogP contribution is 2.37. The largest absolute Gasteiger partial charge is 0.256 e. The van der Waals surface area contributed by atoms with Gasteiger partial charge in [-0.05, 0) is 65.8 Å². The van der Waals surface area contributed by atoms with Crippen LogP contribution in [0.4, 0.5) is 0 Å². The van der Waals surface area contributed by atoms with E-state index in [0.717, 1.165) is 22.0 Å². The first kappa shape index (κ1) is 15.0. The molecule has 0 bridgehead atoms. The molecule has 0 atom stereocenters. The second-order valence-electron chi connectivity index (χ2n) is 8.82. The van der Waals surface area contributed by atoms with E-state index in [9.17, 15) is 0 Å².